The number of aryl methyl sites for hydroxylation is 2. The number of nitrogens with zero attached hydrogens (tertiary/aromatic N) is 4. The van der Waals surface area contributed by atoms with Crippen molar-refractivity contribution < 1.29 is 9.32 Å². The van der Waals surface area contributed by atoms with Crippen LogP contribution >= 0.6 is 0 Å². The van der Waals surface area contributed by atoms with Gasteiger partial charge >= 0.3 is 0 Å². The Kier molecular flexibility index (Phi) is 7.00. The van der Waals surface area contributed by atoms with Gasteiger partial charge in [0.05, 0.1) is 0 Å². The Morgan fingerprint density at radius 1 is 1.06 bits per heavy atom. The standard InChI is InChI=1S/C26H32N4O2/c1-19(2)22-7-9-23(10-8-22)26-27-24(32-28-26)11-12-25(31)30-15-13-29(14-16-30)18-21-6-4-5-20(3)17-21/h4-10,17,19H,11-16,18H2,1-3H3. The van der Waals surface area contributed by atoms with E-state index in [0.29, 0.717) is 30.5 Å². The minimum Gasteiger partial charge on any atom is -0.340 e. The van der Waals surface area contributed by atoms with Gasteiger partial charge < -0.3 is 9.42 Å². The first-order valence-electron chi connectivity index (χ1n) is 11.5. The van der Waals surface area contributed by atoms with Crippen LogP contribution in [0.4, 0.5) is 0 Å². The molecular weight excluding hydrogens is 400 g/mol. The van der Waals surface area contributed by atoms with Crippen LogP contribution in [0.15, 0.2) is 53.1 Å². The van der Waals surface area contributed by atoms with Gasteiger partial charge in [0.15, 0.2) is 0 Å². The molecule has 0 unspecified atom stereocenters. The molecule has 1 aliphatic rings. The van der Waals surface area contributed by atoms with Crippen LogP contribution in [0.3, 0.4) is 0 Å². The van der Waals surface area contributed by atoms with Crippen molar-refractivity contribution in [3.8, 4) is 11.4 Å². The van der Waals surface area contributed by atoms with Crippen LogP contribution in [0, 0.1) is 6.92 Å². The summed E-state index contributed by atoms with van der Waals surface area (Å²) in [5.41, 5.74) is 4.83. The Morgan fingerprint density at radius 3 is 2.50 bits per heavy atom. The first-order chi connectivity index (χ1) is 15.5. The predicted molar refractivity (Wildman–Crippen MR) is 125 cm³/mol. The summed E-state index contributed by atoms with van der Waals surface area (Å²) in [6.07, 6.45) is 0.866. The zero-order valence-corrected chi connectivity index (χ0v) is 19.3. The Balaban J connectivity index is 1.24. The topological polar surface area (TPSA) is 62.5 Å². The van der Waals surface area contributed by atoms with Gasteiger partial charge in [-0.2, -0.15) is 4.98 Å². The lowest BCUT2D eigenvalue weighted by atomic mass is 10.0. The van der Waals surface area contributed by atoms with Crippen LogP contribution in [0.1, 0.15) is 48.8 Å². The number of piperazine rings is 1. The fourth-order valence-corrected chi connectivity index (χ4v) is 4.09. The molecule has 1 fully saturated rings. The predicted octanol–water partition coefficient (Wildman–Crippen LogP) is 4.45. The molecule has 0 spiro atoms. The summed E-state index contributed by atoms with van der Waals surface area (Å²) in [6.45, 7) is 10.7. The van der Waals surface area contributed by atoms with Crippen LogP contribution < -0.4 is 0 Å². The molecule has 0 saturated carbocycles. The van der Waals surface area contributed by atoms with Gasteiger partial charge in [0, 0.05) is 51.1 Å². The van der Waals surface area contributed by atoms with E-state index in [9.17, 15) is 4.79 Å². The third-order valence-corrected chi connectivity index (χ3v) is 6.07. The van der Waals surface area contributed by atoms with E-state index in [4.69, 9.17) is 4.52 Å². The maximum Gasteiger partial charge on any atom is 0.227 e. The van der Waals surface area contributed by atoms with E-state index in [1.165, 1.54) is 16.7 Å². The third kappa shape index (κ3) is 5.62. The molecule has 168 valence electrons. The van der Waals surface area contributed by atoms with Gasteiger partial charge in [0.2, 0.25) is 17.6 Å². The summed E-state index contributed by atoms with van der Waals surface area (Å²) in [5, 5.41) is 4.09. The number of aromatic nitrogens is 2. The maximum atomic E-state index is 12.7. The number of hydrogen-bond acceptors (Lipinski definition) is 5. The van der Waals surface area contributed by atoms with Crippen molar-refractivity contribution in [3.05, 3.63) is 71.1 Å². The first-order valence-corrected chi connectivity index (χ1v) is 11.5. The molecule has 0 aliphatic carbocycles. The van der Waals surface area contributed by atoms with Crippen molar-refractivity contribution in [3.63, 3.8) is 0 Å². The molecule has 1 amide bonds. The average Bonchev–Trinajstić information content (AvgIpc) is 3.27. The van der Waals surface area contributed by atoms with Gasteiger partial charge in [-0.25, -0.2) is 0 Å². The van der Waals surface area contributed by atoms with Gasteiger partial charge in [-0.3, -0.25) is 9.69 Å². The molecule has 0 atom stereocenters. The van der Waals surface area contributed by atoms with E-state index < -0.39 is 0 Å². The van der Waals surface area contributed by atoms with Crippen LogP contribution in [-0.4, -0.2) is 52.0 Å². The van der Waals surface area contributed by atoms with Crippen molar-refractivity contribution >= 4 is 5.91 Å². The SMILES string of the molecule is Cc1cccc(CN2CCN(C(=O)CCc3nc(-c4ccc(C(C)C)cc4)no3)CC2)c1. The zero-order chi connectivity index (χ0) is 22.5. The van der Waals surface area contributed by atoms with Gasteiger partial charge in [0.1, 0.15) is 0 Å². The van der Waals surface area contributed by atoms with E-state index in [-0.39, 0.29) is 5.91 Å². The molecular formula is C26H32N4O2. The molecule has 1 aliphatic heterocycles. The number of amides is 1. The van der Waals surface area contributed by atoms with Crippen LogP contribution in [0.25, 0.3) is 11.4 Å². The molecule has 0 bridgehead atoms. The Morgan fingerprint density at radius 2 is 1.81 bits per heavy atom. The van der Waals surface area contributed by atoms with E-state index in [1.54, 1.807) is 0 Å². The van der Waals surface area contributed by atoms with Crippen LogP contribution in [0.5, 0.6) is 0 Å². The van der Waals surface area contributed by atoms with Crippen molar-refractivity contribution in [2.45, 2.75) is 46.1 Å². The minimum atomic E-state index is 0.154. The highest BCUT2D eigenvalue weighted by Gasteiger charge is 2.21. The molecule has 1 saturated heterocycles. The molecule has 3 aromatic rings. The lowest BCUT2D eigenvalue weighted by molar-refractivity contribution is -0.133. The maximum absolute atomic E-state index is 12.7. The average molecular weight is 433 g/mol. The van der Waals surface area contributed by atoms with E-state index >= 15 is 0 Å². The molecule has 2 heterocycles. The van der Waals surface area contributed by atoms with Gasteiger partial charge in [0.25, 0.3) is 0 Å². The number of benzene rings is 2. The second-order valence-electron chi connectivity index (χ2n) is 8.93. The largest absolute Gasteiger partial charge is 0.340 e. The zero-order valence-electron chi connectivity index (χ0n) is 19.3. The molecule has 0 N–H and O–H groups in total. The Labute approximate surface area is 190 Å². The van der Waals surface area contributed by atoms with Crippen LogP contribution in [0.2, 0.25) is 0 Å². The van der Waals surface area contributed by atoms with E-state index in [1.807, 2.05) is 17.0 Å². The fourth-order valence-electron chi connectivity index (χ4n) is 4.09. The van der Waals surface area contributed by atoms with Crippen molar-refractivity contribution in [1.29, 1.82) is 0 Å². The normalized spacial score (nSPS) is 14.8. The van der Waals surface area contributed by atoms with Gasteiger partial charge in [-0.15, -0.1) is 0 Å². The molecule has 6 heteroatoms. The van der Waals surface area contributed by atoms with Gasteiger partial charge in [-0.05, 0) is 24.0 Å². The minimum absolute atomic E-state index is 0.154. The summed E-state index contributed by atoms with van der Waals surface area (Å²) < 4.78 is 5.39. The third-order valence-electron chi connectivity index (χ3n) is 6.07. The highest BCUT2D eigenvalue weighted by Crippen LogP contribution is 2.21. The molecule has 32 heavy (non-hydrogen) atoms. The van der Waals surface area contributed by atoms with E-state index in [2.05, 4.69) is 72.2 Å². The number of hydrogen-bond donors (Lipinski definition) is 0. The first kappa shape index (κ1) is 22.2. The smallest absolute Gasteiger partial charge is 0.227 e. The summed E-state index contributed by atoms with van der Waals surface area (Å²) in [5.74, 6) is 1.73. The quantitative estimate of drug-likeness (QED) is 0.552. The highest BCUT2D eigenvalue weighted by molar-refractivity contribution is 5.76. The number of rotatable bonds is 7. The summed E-state index contributed by atoms with van der Waals surface area (Å²) >= 11 is 0. The lowest BCUT2D eigenvalue weighted by Gasteiger charge is -2.34. The summed E-state index contributed by atoms with van der Waals surface area (Å²) in [7, 11) is 0. The Hall–Kier alpha value is -2.99. The lowest BCUT2D eigenvalue weighted by Crippen LogP contribution is -2.48. The Bertz CT molecular complexity index is 1030. The monoisotopic (exact) mass is 432 g/mol. The number of carbonyl (C=O) groups is 1. The number of carbonyl (C=O) groups excluding carboxylic acids is 1. The molecule has 6 nitrogen and oxygen atoms in total. The second-order valence-corrected chi connectivity index (χ2v) is 8.93. The second kappa shape index (κ2) is 10.1. The van der Waals surface area contributed by atoms with Crippen molar-refractivity contribution in [1.82, 2.24) is 19.9 Å². The summed E-state index contributed by atoms with van der Waals surface area (Å²) in [4.78, 5) is 21.5. The molecule has 1 aromatic heterocycles. The van der Waals surface area contributed by atoms with Gasteiger partial charge in [-0.1, -0.05) is 73.1 Å². The molecule has 2 aromatic carbocycles. The fraction of sp³-hybridized carbons (Fsp3) is 0.423. The van der Waals surface area contributed by atoms with Crippen molar-refractivity contribution in [2.75, 3.05) is 26.2 Å². The molecule has 0 radical (unpaired) electrons. The molecule has 4 rings (SSSR count). The summed E-state index contributed by atoms with van der Waals surface area (Å²) in [6, 6.07) is 16.9. The van der Waals surface area contributed by atoms with Crippen LogP contribution in [-0.2, 0) is 17.8 Å². The van der Waals surface area contributed by atoms with Crippen molar-refractivity contribution in [2.24, 2.45) is 0 Å². The highest BCUT2D eigenvalue weighted by atomic mass is 16.5. The van der Waals surface area contributed by atoms with E-state index in [0.717, 1.165) is 38.3 Å².